The van der Waals surface area contributed by atoms with Crippen LogP contribution >= 0.6 is 0 Å². The molecule has 1 atom stereocenters. The number of benzene rings is 2. The van der Waals surface area contributed by atoms with Crippen LogP contribution in [0.4, 0.5) is 41.1 Å². The van der Waals surface area contributed by atoms with Gasteiger partial charge in [-0.1, -0.05) is 18.9 Å². The maximum absolute atomic E-state index is 15.6. The number of piperidine rings is 2. The maximum atomic E-state index is 15.6. The molecule has 5 N–H and O–H groups in total. The third-order valence-corrected chi connectivity index (χ3v) is 12.8. The van der Waals surface area contributed by atoms with E-state index in [-0.39, 0.29) is 95.4 Å². The van der Waals surface area contributed by atoms with E-state index < -0.39 is 72.3 Å². The van der Waals surface area contributed by atoms with Crippen LogP contribution in [0.2, 0.25) is 0 Å². The highest BCUT2D eigenvalue weighted by Gasteiger charge is 2.49. The van der Waals surface area contributed by atoms with E-state index in [1.54, 1.807) is 4.90 Å². The van der Waals surface area contributed by atoms with E-state index >= 15 is 13.2 Å². The van der Waals surface area contributed by atoms with Gasteiger partial charge < -0.3 is 45.4 Å². The Labute approximate surface area is 392 Å². The Bertz CT molecular complexity index is 2590. The number of likely N-dealkylation sites (tertiary alicyclic amines) is 1. The summed E-state index contributed by atoms with van der Waals surface area (Å²) in [5.41, 5.74) is -0.206. The first kappa shape index (κ1) is 47.9. The Morgan fingerprint density at radius 1 is 0.942 bits per heavy atom. The standard InChI is InChI=1S/C45H50F3N11O10/c1-56-31-21-51-43(55-37(31)58(25-7-3-4-8-25)23-45(47,48)42(56)66)53-29-20-28(46)27(19-33(29)68-2)38(62)52-24-13-17-57(18-14-24)44(67)50-16-6-15-49-35(61)22-69-32-10-5-9-26-36(32)41(65)59(40(26)64)30-11-12-34(60)54-39(30)63/h5,9-10,19-21,24-25,30H,3-4,6-8,11-18,22-23H2,1-2H3,(H,49,61)(H,50,67)(H,52,62)(H,51,53,55)(H,54,60,63). The molecule has 3 fully saturated rings. The van der Waals surface area contributed by atoms with Crippen molar-refractivity contribution in [2.24, 2.45) is 0 Å². The Morgan fingerprint density at radius 3 is 2.41 bits per heavy atom. The summed E-state index contributed by atoms with van der Waals surface area (Å²) >= 11 is 0. The summed E-state index contributed by atoms with van der Waals surface area (Å²) in [7, 11) is 2.56. The van der Waals surface area contributed by atoms with Crippen LogP contribution in [0.15, 0.2) is 36.5 Å². The zero-order chi connectivity index (χ0) is 49.1. The molecule has 8 rings (SSSR count). The summed E-state index contributed by atoms with van der Waals surface area (Å²) in [6.07, 6.45) is 5.34. The molecule has 4 aliphatic heterocycles. The molecule has 9 amide bonds. The lowest BCUT2D eigenvalue weighted by Gasteiger charge is -2.32. The van der Waals surface area contributed by atoms with Crippen molar-refractivity contribution in [3.63, 3.8) is 0 Å². The van der Waals surface area contributed by atoms with Crippen molar-refractivity contribution in [2.45, 2.75) is 81.8 Å². The minimum absolute atomic E-state index is 0.00802. The molecule has 21 nitrogen and oxygen atoms in total. The van der Waals surface area contributed by atoms with E-state index in [1.165, 1.54) is 49.5 Å². The molecule has 1 saturated carbocycles. The number of nitrogens with one attached hydrogen (secondary N) is 5. The quantitative estimate of drug-likeness (QED) is 0.115. The van der Waals surface area contributed by atoms with Crippen LogP contribution in [0.5, 0.6) is 11.5 Å². The summed E-state index contributed by atoms with van der Waals surface area (Å²) in [6, 6.07) is 4.43. The normalized spacial score (nSPS) is 19.4. The molecule has 5 aliphatic rings. The molecule has 1 unspecified atom stereocenters. The van der Waals surface area contributed by atoms with Crippen LogP contribution in [0.1, 0.15) is 88.9 Å². The fourth-order valence-electron chi connectivity index (χ4n) is 9.13. The number of anilines is 4. The number of ether oxygens (including phenoxy) is 2. The molecule has 0 bridgehead atoms. The van der Waals surface area contributed by atoms with Crippen molar-refractivity contribution in [2.75, 3.05) is 68.6 Å². The van der Waals surface area contributed by atoms with Crippen LogP contribution in [-0.2, 0) is 19.2 Å². The number of carbonyl (C=O) groups excluding carboxylic acids is 8. The van der Waals surface area contributed by atoms with E-state index in [2.05, 4.69) is 36.6 Å². The number of nitrogens with zero attached hydrogens (tertiary/aromatic N) is 6. The van der Waals surface area contributed by atoms with Crippen molar-refractivity contribution in [1.82, 2.24) is 41.0 Å². The number of fused-ring (bicyclic) bond motifs is 2. The molecule has 3 aromatic rings. The first-order valence-electron chi connectivity index (χ1n) is 22.6. The van der Waals surface area contributed by atoms with Crippen LogP contribution in [0.3, 0.4) is 0 Å². The van der Waals surface area contributed by atoms with Gasteiger partial charge in [-0.05, 0) is 56.7 Å². The lowest BCUT2D eigenvalue weighted by Crippen LogP contribution is -2.54. The Hall–Kier alpha value is -7.53. The molecule has 69 heavy (non-hydrogen) atoms. The second kappa shape index (κ2) is 20.0. The number of carbonyl (C=O) groups is 8. The van der Waals surface area contributed by atoms with Gasteiger partial charge in [-0.3, -0.25) is 43.8 Å². The van der Waals surface area contributed by atoms with Crippen LogP contribution in [0.25, 0.3) is 0 Å². The Kier molecular flexibility index (Phi) is 13.9. The number of halogens is 3. The highest BCUT2D eigenvalue weighted by molar-refractivity contribution is 6.24. The molecule has 0 spiro atoms. The van der Waals surface area contributed by atoms with Gasteiger partial charge in [0.15, 0.2) is 12.4 Å². The van der Waals surface area contributed by atoms with Gasteiger partial charge in [0.1, 0.15) is 29.0 Å². The maximum Gasteiger partial charge on any atom is 0.342 e. The number of hydrogen-bond acceptors (Lipinski definition) is 14. The number of alkyl halides is 2. The second-order valence-electron chi connectivity index (χ2n) is 17.3. The number of methoxy groups -OCH3 is 1. The predicted molar refractivity (Wildman–Crippen MR) is 238 cm³/mol. The molecular formula is C45H50F3N11O10. The Balaban J connectivity index is 0.772. The number of aromatic nitrogens is 2. The Morgan fingerprint density at radius 2 is 1.68 bits per heavy atom. The highest BCUT2D eigenvalue weighted by Crippen LogP contribution is 2.40. The van der Waals surface area contributed by atoms with Gasteiger partial charge in [0.05, 0.1) is 42.2 Å². The first-order valence-corrected chi connectivity index (χ1v) is 22.6. The minimum atomic E-state index is -3.66. The number of imide groups is 2. The van der Waals surface area contributed by atoms with Gasteiger partial charge in [0, 0.05) is 57.8 Å². The third kappa shape index (κ3) is 10.0. The molecule has 1 aromatic heterocycles. The van der Waals surface area contributed by atoms with Gasteiger partial charge in [-0.25, -0.2) is 14.2 Å². The van der Waals surface area contributed by atoms with Gasteiger partial charge in [-0.2, -0.15) is 13.8 Å². The second-order valence-corrected chi connectivity index (χ2v) is 17.3. The van der Waals surface area contributed by atoms with Crippen LogP contribution in [-0.4, -0.2) is 145 Å². The van der Waals surface area contributed by atoms with Crippen molar-refractivity contribution in [3.8, 4) is 11.5 Å². The number of urea groups is 1. The predicted octanol–water partition coefficient (Wildman–Crippen LogP) is 2.62. The first-order chi connectivity index (χ1) is 33.0. The fraction of sp³-hybridized carbons (Fsp3) is 0.467. The third-order valence-electron chi connectivity index (χ3n) is 12.8. The van der Waals surface area contributed by atoms with Crippen molar-refractivity contribution in [1.29, 1.82) is 0 Å². The largest absolute Gasteiger partial charge is 0.495 e. The summed E-state index contributed by atoms with van der Waals surface area (Å²) in [5, 5.41) is 13.3. The molecule has 5 heterocycles. The molecule has 366 valence electrons. The summed E-state index contributed by atoms with van der Waals surface area (Å²) < 4.78 is 56.8. The van der Waals surface area contributed by atoms with Crippen LogP contribution < -0.4 is 45.9 Å². The summed E-state index contributed by atoms with van der Waals surface area (Å²) in [6.45, 7) is -0.354. The molecular weight excluding hydrogens is 912 g/mol. The number of rotatable bonds is 14. The highest BCUT2D eigenvalue weighted by atomic mass is 19.3. The van der Waals surface area contributed by atoms with Gasteiger partial charge in [0.2, 0.25) is 17.8 Å². The zero-order valence-electron chi connectivity index (χ0n) is 37.7. The number of hydrogen-bond donors (Lipinski definition) is 5. The molecule has 2 saturated heterocycles. The summed E-state index contributed by atoms with van der Waals surface area (Å²) in [5.74, 6) is -9.76. The van der Waals surface area contributed by atoms with Crippen molar-refractivity contribution in [3.05, 3.63) is 59.0 Å². The van der Waals surface area contributed by atoms with E-state index in [1.807, 2.05) is 0 Å². The van der Waals surface area contributed by atoms with Gasteiger partial charge >= 0.3 is 12.0 Å². The smallest absolute Gasteiger partial charge is 0.342 e. The van der Waals surface area contributed by atoms with Gasteiger partial charge in [-0.15, -0.1) is 0 Å². The fourth-order valence-corrected chi connectivity index (χ4v) is 9.13. The van der Waals surface area contributed by atoms with E-state index in [0.717, 1.165) is 28.7 Å². The molecule has 2 aromatic carbocycles. The van der Waals surface area contributed by atoms with Crippen molar-refractivity contribution < 1.29 is 61.0 Å². The number of amides is 9. The van der Waals surface area contributed by atoms with E-state index in [0.29, 0.717) is 45.2 Å². The van der Waals surface area contributed by atoms with Crippen LogP contribution in [0, 0.1) is 5.82 Å². The molecule has 1 aliphatic carbocycles. The lowest BCUT2D eigenvalue weighted by molar-refractivity contribution is -0.140. The SMILES string of the molecule is COc1cc(C(=O)NC2CCN(C(=O)NCCCNC(=O)COc3cccc4c3C(=O)N(C3CCC(=O)NC3=O)C4=O)CC2)c(F)cc1Nc1ncc2c(n1)N(C1CCCC1)CC(F)(F)C(=O)N2C. The minimum Gasteiger partial charge on any atom is -0.495 e. The zero-order valence-corrected chi connectivity index (χ0v) is 37.7. The lowest BCUT2D eigenvalue weighted by atomic mass is 10.0. The molecule has 0 radical (unpaired) electrons. The van der Waals surface area contributed by atoms with E-state index in [4.69, 9.17) is 9.47 Å². The molecule has 24 heteroatoms. The van der Waals surface area contributed by atoms with E-state index in [9.17, 15) is 38.4 Å². The summed E-state index contributed by atoms with van der Waals surface area (Å²) in [4.78, 5) is 115. The van der Waals surface area contributed by atoms with Crippen molar-refractivity contribution >= 4 is 70.5 Å². The monoisotopic (exact) mass is 961 g/mol. The average Bonchev–Trinajstić information content (AvgIpc) is 3.94. The average molecular weight is 962 g/mol. The topological polar surface area (TPSA) is 254 Å². The van der Waals surface area contributed by atoms with Gasteiger partial charge in [0.25, 0.3) is 29.5 Å².